The van der Waals surface area contributed by atoms with E-state index in [-0.39, 0.29) is 5.76 Å². The van der Waals surface area contributed by atoms with Crippen LogP contribution in [0.1, 0.15) is 21.9 Å². The lowest BCUT2D eigenvalue weighted by Crippen LogP contribution is -1.99. The first-order valence-electron chi connectivity index (χ1n) is 8.79. The molecule has 0 fully saturated rings. The van der Waals surface area contributed by atoms with Crippen molar-refractivity contribution in [3.63, 3.8) is 0 Å². The fourth-order valence-electron chi connectivity index (χ4n) is 3.06. The summed E-state index contributed by atoms with van der Waals surface area (Å²) in [6.07, 6.45) is 3.78. The minimum Gasteiger partial charge on any atom is -0.463 e. The number of hydrogen-bond donors (Lipinski definition) is 0. The molecular weight excluding hydrogens is 411 g/mol. The molecule has 0 bridgehead atoms. The van der Waals surface area contributed by atoms with Gasteiger partial charge in [-0.1, -0.05) is 41.4 Å². The lowest BCUT2D eigenvalue weighted by molar-refractivity contribution is 0.0563. The number of aromatic nitrogens is 1. The van der Waals surface area contributed by atoms with E-state index in [4.69, 9.17) is 27.6 Å². The summed E-state index contributed by atoms with van der Waals surface area (Å²) in [5.41, 5.74) is 2.69. The second-order valence-electron chi connectivity index (χ2n) is 6.34. The first-order valence-corrected chi connectivity index (χ1v) is 9.55. The van der Waals surface area contributed by atoms with E-state index in [0.29, 0.717) is 28.0 Å². The van der Waals surface area contributed by atoms with Crippen molar-refractivity contribution >= 4 is 52.0 Å². The van der Waals surface area contributed by atoms with Crippen LogP contribution in [0.25, 0.3) is 10.9 Å². The molecular formula is C22H16Cl2N2O3. The maximum atomic E-state index is 11.6. The molecule has 0 aliphatic heterocycles. The molecule has 2 heterocycles. The van der Waals surface area contributed by atoms with Crippen LogP contribution >= 0.6 is 23.2 Å². The maximum Gasteiger partial charge on any atom is 0.373 e. The molecule has 146 valence electrons. The molecule has 0 aliphatic rings. The number of furan rings is 1. The molecule has 2 aromatic heterocycles. The third-order valence-corrected chi connectivity index (χ3v) is 5.19. The van der Waals surface area contributed by atoms with Crippen molar-refractivity contribution in [3.8, 4) is 0 Å². The number of ether oxygens (including phenoxy) is 1. The van der Waals surface area contributed by atoms with E-state index < -0.39 is 5.97 Å². The highest BCUT2D eigenvalue weighted by molar-refractivity contribution is 6.42. The summed E-state index contributed by atoms with van der Waals surface area (Å²) in [6, 6.07) is 16.6. The van der Waals surface area contributed by atoms with Crippen LogP contribution in [0.5, 0.6) is 0 Å². The quantitative estimate of drug-likeness (QED) is 0.285. The lowest BCUT2D eigenvalue weighted by Gasteiger charge is -2.02. The van der Waals surface area contributed by atoms with Crippen LogP contribution in [0, 0.1) is 0 Å². The van der Waals surface area contributed by atoms with Gasteiger partial charge in [-0.25, -0.2) is 4.79 Å². The van der Waals surface area contributed by atoms with Crippen LogP contribution in [-0.4, -0.2) is 23.9 Å². The molecule has 2 aromatic carbocycles. The number of benzene rings is 2. The fourth-order valence-corrected chi connectivity index (χ4v) is 3.35. The van der Waals surface area contributed by atoms with E-state index in [0.717, 1.165) is 16.5 Å². The van der Waals surface area contributed by atoms with Crippen LogP contribution in [0.2, 0.25) is 10.0 Å². The van der Waals surface area contributed by atoms with Crippen molar-refractivity contribution in [3.05, 3.63) is 87.9 Å². The second kappa shape index (κ2) is 8.15. The Labute approximate surface area is 177 Å². The number of halogens is 2. The first kappa shape index (κ1) is 19.3. The van der Waals surface area contributed by atoms with Gasteiger partial charge in [-0.3, -0.25) is 4.99 Å². The zero-order chi connectivity index (χ0) is 20.4. The van der Waals surface area contributed by atoms with Gasteiger partial charge in [0.2, 0.25) is 5.76 Å². The highest BCUT2D eigenvalue weighted by Crippen LogP contribution is 2.27. The van der Waals surface area contributed by atoms with E-state index in [1.807, 2.05) is 35.0 Å². The molecule has 29 heavy (non-hydrogen) atoms. The van der Waals surface area contributed by atoms with Crippen LogP contribution in [0.3, 0.4) is 0 Å². The molecule has 4 rings (SSSR count). The number of hydrogen-bond acceptors (Lipinski definition) is 4. The normalized spacial score (nSPS) is 11.4. The molecule has 0 saturated heterocycles. The molecule has 0 radical (unpaired) electrons. The first-order chi connectivity index (χ1) is 14.0. The van der Waals surface area contributed by atoms with Gasteiger partial charge >= 0.3 is 5.97 Å². The van der Waals surface area contributed by atoms with Gasteiger partial charge in [0.15, 0.2) is 0 Å². The Bertz CT molecular complexity index is 1220. The Balaban J connectivity index is 1.66. The predicted octanol–water partition coefficient (Wildman–Crippen LogP) is 6.13. The van der Waals surface area contributed by atoms with Gasteiger partial charge in [0, 0.05) is 28.9 Å². The summed E-state index contributed by atoms with van der Waals surface area (Å²) in [5.74, 6) is 0.336. The van der Waals surface area contributed by atoms with Gasteiger partial charge < -0.3 is 13.7 Å². The molecule has 0 aliphatic carbocycles. The van der Waals surface area contributed by atoms with E-state index in [1.165, 1.54) is 7.11 Å². The number of nitrogens with zero attached hydrogens (tertiary/aromatic N) is 2. The van der Waals surface area contributed by atoms with Crippen LogP contribution in [0.15, 0.2) is 70.2 Å². The SMILES string of the molecule is COC(=O)c1ccc(Cn2cc(C=Nc3ccc(Cl)c(Cl)c3)c3ccccc32)o1. The van der Waals surface area contributed by atoms with E-state index >= 15 is 0 Å². The van der Waals surface area contributed by atoms with Crippen molar-refractivity contribution in [2.45, 2.75) is 6.54 Å². The van der Waals surface area contributed by atoms with Gasteiger partial charge in [0.1, 0.15) is 5.76 Å². The number of carbonyl (C=O) groups is 1. The summed E-state index contributed by atoms with van der Waals surface area (Å²) < 4.78 is 12.3. The smallest absolute Gasteiger partial charge is 0.373 e. The standard InChI is InChI=1S/C22H16Cl2N2O3/c1-28-22(27)21-9-7-16(29-21)13-26-12-14(17-4-2-3-5-20(17)26)11-25-15-6-8-18(23)19(24)10-15/h2-12H,13H2,1H3. The number of fused-ring (bicyclic) bond motifs is 1. The second-order valence-corrected chi connectivity index (χ2v) is 7.16. The zero-order valence-electron chi connectivity index (χ0n) is 15.4. The Morgan fingerprint density at radius 2 is 1.97 bits per heavy atom. The van der Waals surface area contributed by atoms with Crippen LogP contribution < -0.4 is 0 Å². The van der Waals surface area contributed by atoms with E-state index in [1.54, 1.807) is 36.5 Å². The molecule has 7 heteroatoms. The monoisotopic (exact) mass is 426 g/mol. The predicted molar refractivity (Wildman–Crippen MR) is 115 cm³/mol. The maximum absolute atomic E-state index is 11.6. The molecule has 0 N–H and O–H groups in total. The number of para-hydroxylation sites is 1. The van der Waals surface area contributed by atoms with Gasteiger partial charge in [-0.05, 0) is 36.4 Å². The minimum absolute atomic E-state index is 0.181. The Morgan fingerprint density at radius 1 is 1.14 bits per heavy atom. The van der Waals surface area contributed by atoms with Gasteiger partial charge in [-0.15, -0.1) is 0 Å². The molecule has 5 nitrogen and oxygen atoms in total. The zero-order valence-corrected chi connectivity index (χ0v) is 16.9. The van der Waals surface area contributed by atoms with Crippen molar-refractivity contribution < 1.29 is 13.9 Å². The third-order valence-electron chi connectivity index (χ3n) is 4.45. The number of aliphatic imine (C=N–C) groups is 1. The highest BCUT2D eigenvalue weighted by atomic mass is 35.5. The molecule has 0 unspecified atom stereocenters. The molecule has 0 saturated carbocycles. The Morgan fingerprint density at radius 3 is 2.76 bits per heavy atom. The number of rotatable bonds is 5. The van der Waals surface area contributed by atoms with Crippen molar-refractivity contribution in [2.75, 3.05) is 7.11 Å². The highest BCUT2D eigenvalue weighted by Gasteiger charge is 2.13. The third kappa shape index (κ3) is 4.06. The lowest BCUT2D eigenvalue weighted by atomic mass is 10.2. The fraction of sp³-hybridized carbons (Fsp3) is 0.0909. The van der Waals surface area contributed by atoms with Crippen molar-refractivity contribution in [1.29, 1.82) is 0 Å². The summed E-state index contributed by atoms with van der Waals surface area (Å²) in [4.78, 5) is 16.1. The summed E-state index contributed by atoms with van der Waals surface area (Å²) in [7, 11) is 1.32. The summed E-state index contributed by atoms with van der Waals surface area (Å²) in [5, 5.41) is 2.01. The van der Waals surface area contributed by atoms with Gasteiger partial charge in [0.05, 0.1) is 29.4 Å². The average Bonchev–Trinajstić information content (AvgIpc) is 3.34. The largest absolute Gasteiger partial charge is 0.463 e. The summed E-state index contributed by atoms with van der Waals surface area (Å²) in [6.45, 7) is 0.470. The van der Waals surface area contributed by atoms with E-state index in [2.05, 4.69) is 9.73 Å². The molecule has 0 spiro atoms. The van der Waals surface area contributed by atoms with Crippen molar-refractivity contribution in [1.82, 2.24) is 4.57 Å². The van der Waals surface area contributed by atoms with Gasteiger partial charge in [-0.2, -0.15) is 0 Å². The Kier molecular flexibility index (Phi) is 5.43. The molecule has 0 amide bonds. The Hall–Kier alpha value is -3.02. The average molecular weight is 427 g/mol. The number of methoxy groups -OCH3 is 1. The summed E-state index contributed by atoms with van der Waals surface area (Å²) >= 11 is 12.0. The molecule has 4 aromatic rings. The topological polar surface area (TPSA) is 56.7 Å². The molecule has 0 atom stereocenters. The van der Waals surface area contributed by atoms with Crippen LogP contribution in [-0.2, 0) is 11.3 Å². The number of carbonyl (C=O) groups excluding carboxylic acids is 1. The van der Waals surface area contributed by atoms with Crippen LogP contribution in [0.4, 0.5) is 5.69 Å². The van der Waals surface area contributed by atoms with Crippen molar-refractivity contribution in [2.24, 2.45) is 4.99 Å². The minimum atomic E-state index is -0.497. The van der Waals surface area contributed by atoms with E-state index in [9.17, 15) is 4.79 Å². The van der Waals surface area contributed by atoms with Gasteiger partial charge in [0.25, 0.3) is 0 Å². The number of esters is 1.